The van der Waals surface area contributed by atoms with Gasteiger partial charge in [-0.1, -0.05) is 48.9 Å². The minimum absolute atomic E-state index is 0.285. The molecule has 0 radical (unpaired) electrons. The van der Waals surface area contributed by atoms with Gasteiger partial charge in [-0.15, -0.1) is 10.2 Å². The van der Waals surface area contributed by atoms with Crippen molar-refractivity contribution in [3.63, 3.8) is 0 Å². The molecule has 2 amide bonds. The second-order valence-electron chi connectivity index (χ2n) is 5.70. The summed E-state index contributed by atoms with van der Waals surface area (Å²) in [5.74, 6) is 0.682. The minimum Gasteiger partial charge on any atom is -0.418 e. The number of amides is 2. The highest BCUT2D eigenvalue weighted by Gasteiger charge is 2.23. The van der Waals surface area contributed by atoms with Crippen LogP contribution in [0.5, 0.6) is 0 Å². The Kier molecular flexibility index (Phi) is 5.86. The molecule has 0 aliphatic heterocycles. The van der Waals surface area contributed by atoms with Gasteiger partial charge in [0.05, 0.1) is 0 Å². The summed E-state index contributed by atoms with van der Waals surface area (Å²) in [7, 11) is 0. The van der Waals surface area contributed by atoms with Crippen molar-refractivity contribution in [2.45, 2.75) is 19.4 Å². The highest BCUT2D eigenvalue weighted by molar-refractivity contribution is 6.30. The Labute approximate surface area is 156 Å². The van der Waals surface area contributed by atoms with Crippen molar-refractivity contribution in [3.05, 3.63) is 71.1 Å². The summed E-state index contributed by atoms with van der Waals surface area (Å²) in [6.07, 6.45) is 0.852. The summed E-state index contributed by atoms with van der Waals surface area (Å²) in [5.41, 5.74) is 1.61. The van der Waals surface area contributed by atoms with Crippen LogP contribution in [0.2, 0.25) is 5.02 Å². The fourth-order valence-corrected chi connectivity index (χ4v) is 2.54. The lowest BCUT2D eigenvalue weighted by atomic mass is 10.1. The SMILES string of the molecule is CCCNC(=O)N[C@H](c1ccccc1)c1nnc(-c2ccc(Cl)cc2)o1. The zero-order chi connectivity index (χ0) is 18.4. The van der Waals surface area contributed by atoms with E-state index in [2.05, 4.69) is 20.8 Å². The molecular formula is C19H19ClN4O2. The average Bonchev–Trinajstić information content (AvgIpc) is 3.15. The number of carbonyl (C=O) groups is 1. The fraction of sp³-hybridized carbons (Fsp3) is 0.211. The molecule has 0 saturated heterocycles. The van der Waals surface area contributed by atoms with Gasteiger partial charge in [0, 0.05) is 17.1 Å². The summed E-state index contributed by atoms with van der Waals surface area (Å²) in [6, 6.07) is 15.8. The number of urea groups is 1. The van der Waals surface area contributed by atoms with Crippen LogP contribution >= 0.6 is 11.6 Å². The van der Waals surface area contributed by atoms with Gasteiger partial charge in [-0.25, -0.2) is 4.79 Å². The van der Waals surface area contributed by atoms with E-state index in [0.29, 0.717) is 23.3 Å². The molecule has 0 unspecified atom stereocenters. The molecule has 1 aromatic heterocycles. The molecule has 26 heavy (non-hydrogen) atoms. The molecule has 1 heterocycles. The van der Waals surface area contributed by atoms with Crippen LogP contribution in [0, 0.1) is 0 Å². The molecule has 7 heteroatoms. The molecule has 2 aromatic carbocycles. The molecule has 0 fully saturated rings. The van der Waals surface area contributed by atoms with Crippen LogP contribution in [0.15, 0.2) is 59.0 Å². The average molecular weight is 371 g/mol. The first-order chi connectivity index (χ1) is 12.7. The van der Waals surface area contributed by atoms with E-state index < -0.39 is 6.04 Å². The summed E-state index contributed by atoms with van der Waals surface area (Å²) in [5, 5.41) is 14.5. The van der Waals surface area contributed by atoms with Crippen molar-refractivity contribution in [1.82, 2.24) is 20.8 Å². The Morgan fingerprint density at radius 3 is 2.54 bits per heavy atom. The summed E-state index contributed by atoms with van der Waals surface area (Å²) in [6.45, 7) is 2.58. The van der Waals surface area contributed by atoms with E-state index in [0.717, 1.165) is 17.5 Å². The summed E-state index contributed by atoms with van der Waals surface area (Å²) in [4.78, 5) is 12.1. The van der Waals surface area contributed by atoms with Gasteiger partial charge in [0.15, 0.2) is 0 Å². The Hall–Kier alpha value is -2.86. The summed E-state index contributed by atoms with van der Waals surface area (Å²) >= 11 is 5.91. The van der Waals surface area contributed by atoms with Gasteiger partial charge in [-0.05, 0) is 36.2 Å². The second kappa shape index (κ2) is 8.49. The van der Waals surface area contributed by atoms with E-state index >= 15 is 0 Å². The van der Waals surface area contributed by atoms with Gasteiger partial charge in [0.2, 0.25) is 11.8 Å². The highest BCUT2D eigenvalue weighted by atomic mass is 35.5. The second-order valence-corrected chi connectivity index (χ2v) is 6.13. The molecule has 3 aromatic rings. The Bertz CT molecular complexity index is 849. The molecule has 3 rings (SSSR count). The molecule has 0 spiro atoms. The normalized spacial score (nSPS) is 11.8. The third kappa shape index (κ3) is 4.40. The number of hydrogen-bond acceptors (Lipinski definition) is 4. The van der Waals surface area contributed by atoms with Crippen molar-refractivity contribution >= 4 is 17.6 Å². The molecule has 0 aliphatic rings. The van der Waals surface area contributed by atoms with Gasteiger partial charge in [0.25, 0.3) is 0 Å². The van der Waals surface area contributed by atoms with Gasteiger partial charge in [-0.2, -0.15) is 0 Å². The van der Waals surface area contributed by atoms with Gasteiger partial charge >= 0.3 is 6.03 Å². The zero-order valence-electron chi connectivity index (χ0n) is 14.3. The van der Waals surface area contributed by atoms with Crippen molar-refractivity contribution in [1.29, 1.82) is 0 Å². The van der Waals surface area contributed by atoms with E-state index in [1.807, 2.05) is 37.3 Å². The lowest BCUT2D eigenvalue weighted by molar-refractivity contribution is 0.237. The maximum atomic E-state index is 12.1. The number of aromatic nitrogens is 2. The quantitative estimate of drug-likeness (QED) is 0.681. The monoisotopic (exact) mass is 370 g/mol. The fourth-order valence-electron chi connectivity index (χ4n) is 2.41. The molecule has 2 N–H and O–H groups in total. The summed E-state index contributed by atoms with van der Waals surface area (Å²) < 4.78 is 5.82. The van der Waals surface area contributed by atoms with Crippen LogP contribution in [0.3, 0.4) is 0 Å². The van der Waals surface area contributed by atoms with E-state index in [9.17, 15) is 4.79 Å². The number of halogens is 1. The molecule has 0 aliphatic carbocycles. The van der Waals surface area contributed by atoms with Crippen LogP contribution in [-0.2, 0) is 0 Å². The molecular weight excluding hydrogens is 352 g/mol. The predicted octanol–water partition coefficient (Wildman–Crippen LogP) is 4.19. The number of rotatable bonds is 6. The Morgan fingerprint density at radius 1 is 1.12 bits per heavy atom. The maximum absolute atomic E-state index is 12.1. The van der Waals surface area contributed by atoms with Crippen LogP contribution in [-0.4, -0.2) is 22.8 Å². The third-order valence-electron chi connectivity index (χ3n) is 3.72. The largest absolute Gasteiger partial charge is 0.418 e. The number of carbonyl (C=O) groups excluding carboxylic acids is 1. The molecule has 0 saturated carbocycles. The predicted molar refractivity (Wildman–Crippen MR) is 99.9 cm³/mol. The van der Waals surface area contributed by atoms with Crippen LogP contribution in [0.1, 0.15) is 30.8 Å². The number of nitrogens with one attached hydrogen (secondary N) is 2. The topological polar surface area (TPSA) is 80.0 Å². The van der Waals surface area contributed by atoms with Gasteiger partial charge in [0.1, 0.15) is 6.04 Å². The third-order valence-corrected chi connectivity index (χ3v) is 3.97. The van der Waals surface area contributed by atoms with E-state index in [4.69, 9.17) is 16.0 Å². The molecule has 1 atom stereocenters. The number of benzene rings is 2. The van der Waals surface area contributed by atoms with E-state index in [-0.39, 0.29) is 6.03 Å². The lowest BCUT2D eigenvalue weighted by Crippen LogP contribution is -2.38. The van der Waals surface area contributed by atoms with E-state index in [1.165, 1.54) is 0 Å². The first-order valence-corrected chi connectivity index (χ1v) is 8.74. The smallest absolute Gasteiger partial charge is 0.315 e. The van der Waals surface area contributed by atoms with Gasteiger partial charge in [-0.3, -0.25) is 0 Å². The first kappa shape index (κ1) is 17.9. The standard InChI is InChI=1S/C19H19ClN4O2/c1-2-12-21-19(25)22-16(13-6-4-3-5-7-13)18-24-23-17(26-18)14-8-10-15(20)11-9-14/h3-11,16H,2,12H2,1H3,(H2,21,22,25)/t16-/m1/s1. The van der Waals surface area contributed by atoms with Crippen molar-refractivity contribution in [2.75, 3.05) is 6.54 Å². The highest BCUT2D eigenvalue weighted by Crippen LogP contribution is 2.25. The van der Waals surface area contributed by atoms with Crippen LogP contribution < -0.4 is 10.6 Å². The van der Waals surface area contributed by atoms with E-state index in [1.54, 1.807) is 24.3 Å². The van der Waals surface area contributed by atoms with Gasteiger partial charge < -0.3 is 15.1 Å². The number of nitrogens with zero attached hydrogens (tertiary/aromatic N) is 2. The number of hydrogen-bond donors (Lipinski definition) is 2. The maximum Gasteiger partial charge on any atom is 0.315 e. The lowest BCUT2D eigenvalue weighted by Gasteiger charge is -2.16. The molecule has 6 nitrogen and oxygen atoms in total. The Balaban J connectivity index is 1.87. The minimum atomic E-state index is -0.540. The van der Waals surface area contributed by atoms with Crippen molar-refractivity contribution < 1.29 is 9.21 Å². The molecule has 0 bridgehead atoms. The zero-order valence-corrected chi connectivity index (χ0v) is 15.0. The van der Waals surface area contributed by atoms with Crippen molar-refractivity contribution in [3.8, 4) is 11.5 Å². The van der Waals surface area contributed by atoms with Crippen molar-refractivity contribution in [2.24, 2.45) is 0 Å². The van der Waals surface area contributed by atoms with Crippen LogP contribution in [0.25, 0.3) is 11.5 Å². The van der Waals surface area contributed by atoms with Crippen LogP contribution in [0.4, 0.5) is 4.79 Å². The molecule has 134 valence electrons. The Morgan fingerprint density at radius 2 is 1.85 bits per heavy atom. The first-order valence-electron chi connectivity index (χ1n) is 8.36.